The molecule has 0 bridgehead atoms. The van der Waals surface area contributed by atoms with Crippen LogP contribution in [0, 0.1) is 5.92 Å². The highest BCUT2D eigenvalue weighted by Gasteiger charge is 2.42. The molecule has 1 aliphatic carbocycles. The summed E-state index contributed by atoms with van der Waals surface area (Å²) < 4.78 is 31.6. The molecular formula is C13H16ClF2NO. The highest BCUT2D eigenvalue weighted by Crippen LogP contribution is 2.45. The third-order valence-corrected chi connectivity index (χ3v) is 3.74. The van der Waals surface area contributed by atoms with E-state index in [9.17, 15) is 8.78 Å². The molecule has 0 radical (unpaired) electrons. The fraction of sp³-hybridized carbons (Fsp3) is 0.538. The Kier molecular flexibility index (Phi) is 3.78. The van der Waals surface area contributed by atoms with Crippen molar-refractivity contribution in [2.45, 2.75) is 31.2 Å². The van der Waals surface area contributed by atoms with E-state index in [-0.39, 0.29) is 18.8 Å². The minimum absolute atomic E-state index is 0.0890. The molecule has 1 aromatic rings. The van der Waals surface area contributed by atoms with Gasteiger partial charge in [-0.05, 0) is 30.5 Å². The Morgan fingerprint density at radius 3 is 2.78 bits per heavy atom. The molecule has 2 N–H and O–H groups in total. The van der Waals surface area contributed by atoms with E-state index in [1.165, 1.54) is 7.11 Å². The molecule has 100 valence electrons. The smallest absolute Gasteiger partial charge is 0.248 e. The third-order valence-electron chi connectivity index (χ3n) is 3.50. The number of methoxy groups -OCH3 is 1. The molecule has 1 fully saturated rings. The molecule has 1 saturated carbocycles. The number of hydrogen-bond donors (Lipinski definition) is 1. The monoisotopic (exact) mass is 275 g/mol. The molecule has 1 aromatic carbocycles. The highest BCUT2D eigenvalue weighted by molar-refractivity contribution is 6.30. The predicted molar refractivity (Wildman–Crippen MR) is 67.2 cm³/mol. The van der Waals surface area contributed by atoms with E-state index in [0.717, 1.165) is 0 Å². The van der Waals surface area contributed by atoms with Crippen molar-refractivity contribution in [1.29, 1.82) is 0 Å². The van der Waals surface area contributed by atoms with Crippen LogP contribution in [0.2, 0.25) is 5.02 Å². The predicted octanol–water partition coefficient (Wildman–Crippen LogP) is 3.78. The summed E-state index contributed by atoms with van der Waals surface area (Å²) in [5, 5.41) is 0.533. The van der Waals surface area contributed by atoms with Gasteiger partial charge in [0, 0.05) is 29.5 Å². The summed E-state index contributed by atoms with van der Waals surface area (Å²) in [5.74, 6) is -2.22. The van der Waals surface area contributed by atoms with E-state index in [1.54, 1.807) is 18.2 Å². The van der Waals surface area contributed by atoms with Crippen molar-refractivity contribution in [3.8, 4) is 5.75 Å². The van der Waals surface area contributed by atoms with Gasteiger partial charge >= 0.3 is 0 Å². The summed E-state index contributed by atoms with van der Waals surface area (Å²) in [6, 6.07) is 4.64. The molecule has 1 aliphatic rings. The highest BCUT2D eigenvalue weighted by atomic mass is 35.5. The van der Waals surface area contributed by atoms with Gasteiger partial charge in [-0.3, -0.25) is 0 Å². The third kappa shape index (κ3) is 2.75. The van der Waals surface area contributed by atoms with Crippen LogP contribution in [-0.4, -0.2) is 13.0 Å². The molecule has 2 unspecified atom stereocenters. The van der Waals surface area contributed by atoms with Gasteiger partial charge in [0.15, 0.2) is 0 Å². The maximum atomic E-state index is 13.2. The van der Waals surface area contributed by atoms with E-state index < -0.39 is 12.0 Å². The second-order valence-electron chi connectivity index (χ2n) is 4.77. The van der Waals surface area contributed by atoms with E-state index in [0.29, 0.717) is 22.8 Å². The molecule has 0 aliphatic heterocycles. The van der Waals surface area contributed by atoms with E-state index in [1.807, 2.05) is 0 Å². The normalized spacial score (nSPS) is 23.9. The van der Waals surface area contributed by atoms with Crippen molar-refractivity contribution in [2.24, 2.45) is 11.7 Å². The summed E-state index contributed by atoms with van der Waals surface area (Å²) in [5.41, 5.74) is 6.80. The number of alkyl halides is 2. The van der Waals surface area contributed by atoms with E-state index >= 15 is 0 Å². The summed E-state index contributed by atoms with van der Waals surface area (Å²) in [6.07, 6.45) is 0.182. The van der Waals surface area contributed by atoms with Crippen LogP contribution in [0.3, 0.4) is 0 Å². The zero-order chi connectivity index (χ0) is 13.3. The van der Waals surface area contributed by atoms with Crippen LogP contribution in [0.25, 0.3) is 0 Å². The quantitative estimate of drug-likeness (QED) is 0.911. The molecule has 0 saturated heterocycles. The second kappa shape index (κ2) is 5.02. The average Bonchev–Trinajstić information content (AvgIpc) is 2.68. The van der Waals surface area contributed by atoms with Crippen molar-refractivity contribution in [1.82, 2.24) is 0 Å². The van der Waals surface area contributed by atoms with E-state index in [4.69, 9.17) is 22.1 Å². The Labute approximate surface area is 110 Å². The molecule has 2 nitrogen and oxygen atoms in total. The summed E-state index contributed by atoms with van der Waals surface area (Å²) >= 11 is 5.92. The average molecular weight is 276 g/mol. The number of halogens is 3. The first-order chi connectivity index (χ1) is 8.43. The first kappa shape index (κ1) is 13.6. The number of benzene rings is 1. The Morgan fingerprint density at radius 1 is 1.50 bits per heavy atom. The summed E-state index contributed by atoms with van der Waals surface area (Å²) in [4.78, 5) is 0. The van der Waals surface area contributed by atoms with Crippen molar-refractivity contribution in [2.75, 3.05) is 7.11 Å². The number of rotatable bonds is 3. The van der Waals surface area contributed by atoms with Crippen LogP contribution < -0.4 is 10.5 Å². The van der Waals surface area contributed by atoms with Crippen molar-refractivity contribution < 1.29 is 13.5 Å². The lowest BCUT2D eigenvalue weighted by molar-refractivity contribution is 0.00387. The zero-order valence-electron chi connectivity index (χ0n) is 10.1. The lowest BCUT2D eigenvalue weighted by atomic mass is 9.92. The lowest BCUT2D eigenvalue weighted by Gasteiger charge is -2.22. The molecule has 0 spiro atoms. The van der Waals surface area contributed by atoms with Gasteiger partial charge in [0.2, 0.25) is 5.92 Å². The Bertz CT molecular complexity index is 439. The van der Waals surface area contributed by atoms with Gasteiger partial charge in [-0.1, -0.05) is 11.6 Å². The van der Waals surface area contributed by atoms with Gasteiger partial charge in [-0.15, -0.1) is 0 Å². The lowest BCUT2D eigenvalue weighted by Crippen LogP contribution is -2.22. The topological polar surface area (TPSA) is 35.2 Å². The van der Waals surface area contributed by atoms with Gasteiger partial charge in [0.25, 0.3) is 0 Å². The minimum atomic E-state index is -2.59. The molecule has 0 amide bonds. The van der Waals surface area contributed by atoms with Gasteiger partial charge < -0.3 is 10.5 Å². The Balaban J connectivity index is 2.23. The number of nitrogens with two attached hydrogens (primary N) is 1. The van der Waals surface area contributed by atoms with Gasteiger partial charge in [-0.25, -0.2) is 8.78 Å². The van der Waals surface area contributed by atoms with Crippen LogP contribution in [0.15, 0.2) is 18.2 Å². The fourth-order valence-corrected chi connectivity index (χ4v) is 2.69. The van der Waals surface area contributed by atoms with Gasteiger partial charge in [0.1, 0.15) is 5.75 Å². The minimum Gasteiger partial charge on any atom is -0.496 e. The van der Waals surface area contributed by atoms with Crippen LogP contribution >= 0.6 is 11.6 Å². The van der Waals surface area contributed by atoms with Crippen molar-refractivity contribution >= 4 is 11.6 Å². The number of hydrogen-bond acceptors (Lipinski definition) is 2. The standard InChI is InChI=1S/C13H16ClF2NO/c1-18-11-3-2-9(14)6-10(11)12(17)8-4-5-13(15,16)7-8/h2-3,6,8,12H,4-5,7,17H2,1H3. The van der Waals surface area contributed by atoms with Gasteiger partial charge in [-0.2, -0.15) is 0 Å². The molecule has 2 rings (SSSR count). The SMILES string of the molecule is COc1ccc(Cl)cc1C(N)C1CCC(F)(F)C1. The second-order valence-corrected chi connectivity index (χ2v) is 5.21. The summed E-state index contributed by atoms with van der Waals surface area (Å²) in [6.45, 7) is 0. The molecular weight excluding hydrogens is 260 g/mol. The van der Waals surface area contributed by atoms with E-state index in [2.05, 4.69) is 0 Å². The first-order valence-electron chi connectivity index (χ1n) is 5.90. The maximum absolute atomic E-state index is 13.2. The largest absolute Gasteiger partial charge is 0.496 e. The molecule has 5 heteroatoms. The van der Waals surface area contributed by atoms with Gasteiger partial charge in [0.05, 0.1) is 7.11 Å². The molecule has 0 heterocycles. The summed E-state index contributed by atoms with van der Waals surface area (Å²) in [7, 11) is 1.53. The zero-order valence-corrected chi connectivity index (χ0v) is 10.9. The number of ether oxygens (including phenoxy) is 1. The maximum Gasteiger partial charge on any atom is 0.248 e. The Hall–Kier alpha value is -0.870. The van der Waals surface area contributed by atoms with Crippen LogP contribution in [0.4, 0.5) is 8.78 Å². The molecule has 0 aromatic heterocycles. The van der Waals surface area contributed by atoms with Crippen LogP contribution in [0.5, 0.6) is 5.75 Å². The fourth-order valence-electron chi connectivity index (χ4n) is 2.51. The molecule has 2 atom stereocenters. The Morgan fingerprint density at radius 2 is 2.22 bits per heavy atom. The first-order valence-corrected chi connectivity index (χ1v) is 6.27. The van der Waals surface area contributed by atoms with Crippen LogP contribution in [0.1, 0.15) is 30.9 Å². The van der Waals surface area contributed by atoms with Crippen LogP contribution in [-0.2, 0) is 0 Å². The van der Waals surface area contributed by atoms with Crippen molar-refractivity contribution in [3.05, 3.63) is 28.8 Å². The molecule has 18 heavy (non-hydrogen) atoms. The van der Waals surface area contributed by atoms with Crippen molar-refractivity contribution in [3.63, 3.8) is 0 Å².